The smallest absolute Gasteiger partial charge is 0.237 e. The molecule has 1 heterocycles. The number of carbonyl (C=O) groups is 2. The molecule has 5 nitrogen and oxygen atoms in total. The van der Waals surface area contributed by atoms with Gasteiger partial charge in [0.05, 0.1) is 12.0 Å². The summed E-state index contributed by atoms with van der Waals surface area (Å²) in [6.07, 6.45) is 1.63. The summed E-state index contributed by atoms with van der Waals surface area (Å²) in [4.78, 5) is 25.2. The van der Waals surface area contributed by atoms with Gasteiger partial charge in [0.15, 0.2) is 0 Å². The van der Waals surface area contributed by atoms with E-state index in [9.17, 15) is 9.59 Å². The molecule has 0 bridgehead atoms. The number of rotatable bonds is 5. The SMILES string of the molecule is CCC1(C(=O)N(CC(N)=O)C(C)C)CCNC1. The van der Waals surface area contributed by atoms with Crippen molar-refractivity contribution in [2.45, 2.75) is 39.7 Å². The van der Waals surface area contributed by atoms with E-state index in [2.05, 4.69) is 5.32 Å². The summed E-state index contributed by atoms with van der Waals surface area (Å²) in [7, 11) is 0. The summed E-state index contributed by atoms with van der Waals surface area (Å²) in [5.41, 5.74) is 4.86. The Morgan fingerprint density at radius 2 is 2.12 bits per heavy atom. The van der Waals surface area contributed by atoms with Gasteiger partial charge in [0.1, 0.15) is 0 Å². The summed E-state index contributed by atoms with van der Waals surface area (Å²) < 4.78 is 0. The highest BCUT2D eigenvalue weighted by Crippen LogP contribution is 2.32. The maximum absolute atomic E-state index is 12.6. The molecule has 2 amide bonds. The molecule has 17 heavy (non-hydrogen) atoms. The molecule has 5 heteroatoms. The highest BCUT2D eigenvalue weighted by atomic mass is 16.2. The van der Waals surface area contributed by atoms with E-state index in [1.807, 2.05) is 20.8 Å². The third-order valence-corrected chi connectivity index (χ3v) is 3.58. The zero-order valence-electron chi connectivity index (χ0n) is 11.0. The summed E-state index contributed by atoms with van der Waals surface area (Å²) in [6.45, 7) is 7.41. The van der Waals surface area contributed by atoms with E-state index in [0.717, 1.165) is 19.4 Å². The number of nitrogens with zero attached hydrogens (tertiary/aromatic N) is 1. The summed E-state index contributed by atoms with van der Waals surface area (Å²) in [6, 6.07) is -0.000903. The minimum Gasteiger partial charge on any atom is -0.368 e. The lowest BCUT2D eigenvalue weighted by molar-refractivity contribution is -0.145. The van der Waals surface area contributed by atoms with Crippen LogP contribution in [0, 0.1) is 5.41 Å². The first-order chi connectivity index (χ1) is 7.93. The molecule has 1 aliphatic heterocycles. The van der Waals surface area contributed by atoms with Gasteiger partial charge < -0.3 is 16.0 Å². The number of primary amides is 1. The monoisotopic (exact) mass is 241 g/mol. The van der Waals surface area contributed by atoms with Gasteiger partial charge in [-0.3, -0.25) is 9.59 Å². The standard InChI is InChI=1S/C12H23N3O2/c1-4-12(5-6-14-8-12)11(17)15(9(2)3)7-10(13)16/h9,14H,4-8H2,1-3H3,(H2,13,16). The predicted octanol–water partition coefficient (Wildman–Crippen LogP) is 0.0984. The molecule has 0 aromatic heterocycles. The first kappa shape index (κ1) is 14.0. The van der Waals surface area contributed by atoms with E-state index < -0.39 is 5.91 Å². The molecule has 0 radical (unpaired) electrons. The van der Waals surface area contributed by atoms with Crippen molar-refractivity contribution in [3.8, 4) is 0 Å². The van der Waals surface area contributed by atoms with E-state index in [4.69, 9.17) is 5.73 Å². The van der Waals surface area contributed by atoms with Gasteiger partial charge in [-0.25, -0.2) is 0 Å². The first-order valence-electron chi connectivity index (χ1n) is 6.23. The van der Waals surface area contributed by atoms with Gasteiger partial charge >= 0.3 is 0 Å². The van der Waals surface area contributed by atoms with Crippen LogP contribution in [0.3, 0.4) is 0 Å². The Balaban J connectivity index is 2.86. The van der Waals surface area contributed by atoms with E-state index in [1.165, 1.54) is 0 Å². The third kappa shape index (κ3) is 2.97. The van der Waals surface area contributed by atoms with Crippen molar-refractivity contribution in [2.24, 2.45) is 11.1 Å². The quantitative estimate of drug-likeness (QED) is 0.716. The molecule has 1 unspecified atom stereocenters. The fraction of sp³-hybridized carbons (Fsp3) is 0.833. The number of hydrogen-bond donors (Lipinski definition) is 2. The van der Waals surface area contributed by atoms with Crippen molar-refractivity contribution >= 4 is 11.8 Å². The molecule has 1 aliphatic rings. The van der Waals surface area contributed by atoms with Crippen LogP contribution in [0.15, 0.2) is 0 Å². The van der Waals surface area contributed by atoms with Crippen LogP contribution in [0.25, 0.3) is 0 Å². The normalized spacial score (nSPS) is 24.0. The van der Waals surface area contributed by atoms with Crippen molar-refractivity contribution in [3.05, 3.63) is 0 Å². The minimum atomic E-state index is -0.454. The molecule has 0 aliphatic carbocycles. The second-order valence-corrected chi connectivity index (χ2v) is 5.05. The van der Waals surface area contributed by atoms with Crippen LogP contribution in [-0.2, 0) is 9.59 Å². The van der Waals surface area contributed by atoms with E-state index >= 15 is 0 Å². The van der Waals surface area contributed by atoms with Crippen molar-refractivity contribution < 1.29 is 9.59 Å². The van der Waals surface area contributed by atoms with E-state index in [-0.39, 0.29) is 23.9 Å². The van der Waals surface area contributed by atoms with Crippen LogP contribution < -0.4 is 11.1 Å². The van der Waals surface area contributed by atoms with Crippen molar-refractivity contribution in [1.29, 1.82) is 0 Å². The maximum Gasteiger partial charge on any atom is 0.237 e. The Labute approximate surface area is 103 Å². The number of hydrogen-bond acceptors (Lipinski definition) is 3. The lowest BCUT2D eigenvalue weighted by Crippen LogP contribution is -2.50. The summed E-state index contributed by atoms with van der Waals surface area (Å²) >= 11 is 0. The lowest BCUT2D eigenvalue weighted by atomic mass is 9.82. The summed E-state index contributed by atoms with van der Waals surface area (Å²) in [5, 5.41) is 3.23. The van der Waals surface area contributed by atoms with E-state index in [1.54, 1.807) is 4.90 Å². The van der Waals surface area contributed by atoms with Gasteiger partial charge in [0.2, 0.25) is 11.8 Å². The maximum atomic E-state index is 12.6. The summed E-state index contributed by atoms with van der Waals surface area (Å²) in [5.74, 6) is -0.400. The molecule has 0 aromatic carbocycles. The highest BCUT2D eigenvalue weighted by Gasteiger charge is 2.42. The molecule has 0 aromatic rings. The number of nitrogens with two attached hydrogens (primary N) is 1. The lowest BCUT2D eigenvalue weighted by Gasteiger charge is -2.35. The van der Waals surface area contributed by atoms with Crippen molar-refractivity contribution in [3.63, 3.8) is 0 Å². The predicted molar refractivity (Wildman–Crippen MR) is 66.3 cm³/mol. The van der Waals surface area contributed by atoms with Crippen LogP contribution in [0.2, 0.25) is 0 Å². The minimum absolute atomic E-state index is 0.000903. The number of nitrogens with one attached hydrogen (secondary N) is 1. The van der Waals surface area contributed by atoms with Crippen molar-refractivity contribution in [2.75, 3.05) is 19.6 Å². The van der Waals surface area contributed by atoms with E-state index in [0.29, 0.717) is 6.54 Å². The largest absolute Gasteiger partial charge is 0.368 e. The number of amides is 2. The molecular formula is C12H23N3O2. The molecule has 0 saturated carbocycles. The molecule has 1 rings (SSSR count). The zero-order chi connectivity index (χ0) is 13.1. The molecule has 1 fully saturated rings. The zero-order valence-corrected chi connectivity index (χ0v) is 11.0. The average molecular weight is 241 g/mol. The Hall–Kier alpha value is -1.10. The van der Waals surface area contributed by atoms with Gasteiger partial charge in [0.25, 0.3) is 0 Å². The van der Waals surface area contributed by atoms with Gasteiger partial charge in [-0.2, -0.15) is 0 Å². The van der Waals surface area contributed by atoms with Gasteiger partial charge in [-0.1, -0.05) is 6.92 Å². The fourth-order valence-corrected chi connectivity index (χ4v) is 2.34. The molecular weight excluding hydrogens is 218 g/mol. The van der Waals surface area contributed by atoms with Gasteiger partial charge in [0, 0.05) is 12.6 Å². The number of carbonyl (C=O) groups excluding carboxylic acids is 2. The second kappa shape index (κ2) is 5.49. The third-order valence-electron chi connectivity index (χ3n) is 3.58. The van der Waals surface area contributed by atoms with Gasteiger partial charge in [-0.05, 0) is 33.2 Å². The fourth-order valence-electron chi connectivity index (χ4n) is 2.34. The topological polar surface area (TPSA) is 75.4 Å². The average Bonchev–Trinajstić information content (AvgIpc) is 2.74. The Kier molecular flexibility index (Phi) is 4.51. The van der Waals surface area contributed by atoms with Gasteiger partial charge in [-0.15, -0.1) is 0 Å². The molecule has 1 saturated heterocycles. The Morgan fingerprint density at radius 1 is 1.47 bits per heavy atom. The van der Waals surface area contributed by atoms with Crippen LogP contribution in [0.5, 0.6) is 0 Å². The first-order valence-corrected chi connectivity index (χ1v) is 6.23. The Morgan fingerprint density at radius 3 is 2.47 bits per heavy atom. The highest BCUT2D eigenvalue weighted by molar-refractivity contribution is 5.88. The molecule has 1 atom stereocenters. The van der Waals surface area contributed by atoms with Crippen molar-refractivity contribution in [1.82, 2.24) is 10.2 Å². The van der Waals surface area contributed by atoms with Crippen LogP contribution in [0.4, 0.5) is 0 Å². The van der Waals surface area contributed by atoms with Crippen LogP contribution in [0.1, 0.15) is 33.6 Å². The Bertz CT molecular complexity index is 296. The van der Waals surface area contributed by atoms with Crippen LogP contribution >= 0.6 is 0 Å². The molecule has 0 spiro atoms. The molecule has 3 N–H and O–H groups in total. The molecule has 98 valence electrons. The van der Waals surface area contributed by atoms with Crippen LogP contribution in [-0.4, -0.2) is 42.4 Å². The second-order valence-electron chi connectivity index (χ2n) is 5.05.